The second-order valence-electron chi connectivity index (χ2n) is 5.20. The lowest BCUT2D eigenvalue weighted by Gasteiger charge is -2.21. The van der Waals surface area contributed by atoms with E-state index < -0.39 is 0 Å². The van der Waals surface area contributed by atoms with Crippen molar-refractivity contribution in [1.82, 2.24) is 15.2 Å². The molecule has 1 saturated carbocycles. The van der Waals surface area contributed by atoms with Gasteiger partial charge in [-0.3, -0.25) is 0 Å². The first-order valence-corrected chi connectivity index (χ1v) is 9.22. The van der Waals surface area contributed by atoms with Crippen LogP contribution in [0.1, 0.15) is 37.8 Å². The maximum atomic E-state index is 11.9. The molecule has 0 spiro atoms. The minimum atomic E-state index is -0.0118. The molecule has 1 fully saturated rings. The van der Waals surface area contributed by atoms with Crippen molar-refractivity contribution in [2.24, 2.45) is 0 Å². The molecule has 4 nitrogen and oxygen atoms in total. The van der Waals surface area contributed by atoms with Gasteiger partial charge >= 0.3 is 6.03 Å². The molecule has 0 saturated heterocycles. The van der Waals surface area contributed by atoms with Crippen molar-refractivity contribution >= 4 is 29.1 Å². The van der Waals surface area contributed by atoms with E-state index in [9.17, 15) is 4.79 Å². The lowest BCUT2D eigenvalue weighted by Crippen LogP contribution is -2.38. The van der Waals surface area contributed by atoms with E-state index in [1.165, 1.54) is 32.1 Å². The average molecular weight is 313 g/mol. The highest BCUT2D eigenvalue weighted by Gasteiger charge is 2.14. The molecule has 6 heteroatoms. The van der Waals surface area contributed by atoms with Crippen molar-refractivity contribution in [2.45, 2.75) is 43.9 Å². The van der Waals surface area contributed by atoms with Crippen molar-refractivity contribution < 1.29 is 4.79 Å². The molecule has 0 radical (unpaired) electrons. The van der Waals surface area contributed by atoms with Crippen molar-refractivity contribution in [3.8, 4) is 0 Å². The zero-order valence-electron chi connectivity index (χ0n) is 12.0. The molecule has 20 heavy (non-hydrogen) atoms. The van der Waals surface area contributed by atoms with Crippen LogP contribution in [0.5, 0.6) is 0 Å². The van der Waals surface area contributed by atoms with Crippen LogP contribution in [0.25, 0.3) is 0 Å². The molecule has 1 aliphatic rings. The van der Waals surface area contributed by atoms with Crippen molar-refractivity contribution in [3.05, 3.63) is 16.6 Å². The topological polar surface area (TPSA) is 45.2 Å². The van der Waals surface area contributed by atoms with E-state index in [0.29, 0.717) is 6.54 Å². The Bertz CT molecular complexity index is 391. The largest absolute Gasteiger partial charge is 0.337 e. The highest BCUT2D eigenvalue weighted by molar-refractivity contribution is 7.99. The Hall–Kier alpha value is -0.750. The summed E-state index contributed by atoms with van der Waals surface area (Å²) < 4.78 is 0. The Morgan fingerprint density at radius 1 is 1.50 bits per heavy atom. The van der Waals surface area contributed by atoms with Crippen molar-refractivity contribution in [2.75, 3.05) is 19.3 Å². The van der Waals surface area contributed by atoms with E-state index in [2.05, 4.69) is 10.3 Å². The van der Waals surface area contributed by atoms with Crippen molar-refractivity contribution in [3.63, 3.8) is 0 Å². The number of thioether (sulfide) groups is 1. The van der Waals surface area contributed by atoms with Crippen LogP contribution in [0, 0.1) is 0 Å². The fraction of sp³-hybridized carbons (Fsp3) is 0.714. The highest BCUT2D eigenvalue weighted by Crippen LogP contribution is 2.27. The van der Waals surface area contributed by atoms with Crippen molar-refractivity contribution in [1.29, 1.82) is 0 Å². The first-order valence-electron chi connectivity index (χ1n) is 7.23. The Morgan fingerprint density at radius 3 is 3.00 bits per heavy atom. The van der Waals surface area contributed by atoms with Crippen LogP contribution >= 0.6 is 23.1 Å². The number of thiazole rings is 1. The van der Waals surface area contributed by atoms with Gasteiger partial charge in [-0.25, -0.2) is 9.78 Å². The molecule has 0 aromatic carbocycles. The van der Waals surface area contributed by atoms with Gasteiger partial charge in [-0.15, -0.1) is 11.3 Å². The zero-order chi connectivity index (χ0) is 14.2. The molecule has 0 atom stereocenters. The number of hydrogen-bond acceptors (Lipinski definition) is 4. The third-order valence-corrected chi connectivity index (χ3v) is 5.53. The summed E-state index contributed by atoms with van der Waals surface area (Å²) in [5.74, 6) is 1.01. The second kappa shape index (κ2) is 8.52. The van der Waals surface area contributed by atoms with E-state index in [4.69, 9.17) is 0 Å². The lowest BCUT2D eigenvalue weighted by atomic mass is 10.0. The van der Waals surface area contributed by atoms with E-state index in [0.717, 1.165) is 23.2 Å². The first-order chi connectivity index (χ1) is 9.75. The first kappa shape index (κ1) is 15.6. The second-order valence-corrected chi connectivity index (χ2v) is 7.33. The van der Waals surface area contributed by atoms with Crippen LogP contribution in [-0.2, 0) is 6.54 Å². The van der Waals surface area contributed by atoms with Gasteiger partial charge in [0.05, 0.1) is 17.7 Å². The van der Waals surface area contributed by atoms with Crippen LogP contribution in [-0.4, -0.2) is 40.5 Å². The predicted octanol–water partition coefficient (Wildman–Crippen LogP) is 3.35. The number of rotatable bonds is 6. The number of nitrogens with zero attached hydrogens (tertiary/aromatic N) is 2. The summed E-state index contributed by atoms with van der Waals surface area (Å²) in [6, 6.07) is -0.0118. The molecule has 1 N–H and O–H groups in total. The van der Waals surface area contributed by atoms with Crippen LogP contribution in [0.3, 0.4) is 0 Å². The molecule has 2 rings (SSSR count). The van der Waals surface area contributed by atoms with E-state index in [-0.39, 0.29) is 6.03 Å². The third kappa shape index (κ3) is 5.32. The maximum Gasteiger partial charge on any atom is 0.317 e. The predicted molar refractivity (Wildman–Crippen MR) is 86.3 cm³/mol. The molecule has 0 unspecified atom stereocenters. The average Bonchev–Trinajstić information content (AvgIpc) is 2.97. The molecular weight excluding hydrogens is 290 g/mol. The van der Waals surface area contributed by atoms with Gasteiger partial charge < -0.3 is 10.2 Å². The van der Waals surface area contributed by atoms with Gasteiger partial charge in [-0.2, -0.15) is 11.8 Å². The molecule has 1 heterocycles. The standard InChI is InChI=1S/C14H23N3OS2/c1-17(9-12-10-19-11-16-12)14(18)15-7-8-20-13-5-3-2-4-6-13/h10-11,13H,2-9H2,1H3,(H,15,18). The summed E-state index contributed by atoms with van der Waals surface area (Å²) in [5, 5.41) is 5.76. The SMILES string of the molecule is CN(Cc1cscn1)C(=O)NCCSC1CCCCC1. The third-order valence-electron chi connectivity index (χ3n) is 3.51. The van der Waals surface area contributed by atoms with Gasteiger partial charge in [0.2, 0.25) is 0 Å². The smallest absolute Gasteiger partial charge is 0.317 e. The summed E-state index contributed by atoms with van der Waals surface area (Å²) in [7, 11) is 1.81. The molecular formula is C14H23N3OS2. The monoisotopic (exact) mass is 313 g/mol. The molecule has 2 amide bonds. The lowest BCUT2D eigenvalue weighted by molar-refractivity contribution is 0.207. The zero-order valence-corrected chi connectivity index (χ0v) is 13.6. The Balaban J connectivity index is 1.57. The molecule has 1 aromatic rings. The van der Waals surface area contributed by atoms with Gasteiger partial charge in [0, 0.05) is 30.0 Å². The van der Waals surface area contributed by atoms with Crippen LogP contribution in [0.2, 0.25) is 0 Å². The summed E-state index contributed by atoms with van der Waals surface area (Å²) in [4.78, 5) is 17.8. The van der Waals surface area contributed by atoms with E-state index in [1.807, 2.05) is 24.2 Å². The number of carbonyl (C=O) groups excluding carboxylic acids is 1. The fourth-order valence-electron chi connectivity index (χ4n) is 2.38. The molecule has 0 bridgehead atoms. The number of amides is 2. The maximum absolute atomic E-state index is 11.9. The number of nitrogens with one attached hydrogen (secondary N) is 1. The number of aromatic nitrogens is 1. The molecule has 0 aliphatic heterocycles. The van der Waals surface area contributed by atoms with Crippen LogP contribution in [0.4, 0.5) is 4.79 Å². The molecule has 112 valence electrons. The van der Waals surface area contributed by atoms with Gasteiger partial charge in [-0.1, -0.05) is 19.3 Å². The van der Waals surface area contributed by atoms with Gasteiger partial charge in [-0.05, 0) is 12.8 Å². The Labute approximate surface area is 129 Å². The number of carbonyl (C=O) groups is 1. The quantitative estimate of drug-likeness (QED) is 0.819. The van der Waals surface area contributed by atoms with Crippen LogP contribution < -0.4 is 5.32 Å². The van der Waals surface area contributed by atoms with E-state index in [1.54, 1.807) is 21.7 Å². The summed E-state index contributed by atoms with van der Waals surface area (Å²) >= 11 is 3.57. The summed E-state index contributed by atoms with van der Waals surface area (Å²) in [6.45, 7) is 1.33. The van der Waals surface area contributed by atoms with Gasteiger partial charge in [0.1, 0.15) is 0 Å². The van der Waals surface area contributed by atoms with Crippen LogP contribution in [0.15, 0.2) is 10.9 Å². The molecule has 1 aliphatic carbocycles. The Kier molecular flexibility index (Phi) is 6.66. The summed E-state index contributed by atoms with van der Waals surface area (Å²) in [5.41, 5.74) is 2.74. The minimum Gasteiger partial charge on any atom is -0.337 e. The number of urea groups is 1. The highest BCUT2D eigenvalue weighted by atomic mass is 32.2. The summed E-state index contributed by atoms with van der Waals surface area (Å²) in [6.07, 6.45) is 6.85. The molecule has 1 aromatic heterocycles. The van der Waals surface area contributed by atoms with E-state index >= 15 is 0 Å². The fourth-order valence-corrected chi connectivity index (χ4v) is 4.15. The number of hydrogen-bond donors (Lipinski definition) is 1. The Morgan fingerprint density at radius 2 is 2.30 bits per heavy atom. The van der Waals surface area contributed by atoms with Gasteiger partial charge in [0.25, 0.3) is 0 Å². The minimum absolute atomic E-state index is 0.0118. The normalized spacial score (nSPS) is 16.1. The van der Waals surface area contributed by atoms with Gasteiger partial charge in [0.15, 0.2) is 0 Å².